The van der Waals surface area contributed by atoms with E-state index in [0.29, 0.717) is 13.2 Å². The van der Waals surface area contributed by atoms with Gasteiger partial charge in [-0.15, -0.1) is 0 Å². The Kier molecular flexibility index (Phi) is 3.60. The maximum atomic E-state index is 12.1. The average molecular weight is 283 g/mol. The van der Waals surface area contributed by atoms with Gasteiger partial charge >= 0.3 is 5.97 Å². The average Bonchev–Trinajstić information content (AvgIpc) is 2.89. The van der Waals surface area contributed by atoms with Gasteiger partial charge in [0, 0.05) is 18.7 Å². The molecule has 0 aromatic heterocycles. The topological polar surface area (TPSA) is 46.6 Å². The van der Waals surface area contributed by atoms with Gasteiger partial charge in [-0.25, -0.2) is 0 Å². The quantitative estimate of drug-likeness (QED) is 0.814. The summed E-state index contributed by atoms with van der Waals surface area (Å²) < 4.78 is 5.01. The van der Waals surface area contributed by atoms with Crippen LogP contribution in [-0.2, 0) is 14.3 Å². The van der Waals surface area contributed by atoms with Crippen molar-refractivity contribution in [1.29, 1.82) is 0 Å². The Balaban J connectivity index is 1.85. The van der Waals surface area contributed by atoms with E-state index in [1.54, 1.807) is 11.8 Å². The number of rotatable bonds is 3. The van der Waals surface area contributed by atoms with E-state index in [0.717, 1.165) is 16.5 Å². The minimum absolute atomic E-state index is 0.0247. The van der Waals surface area contributed by atoms with E-state index in [9.17, 15) is 9.59 Å². The highest BCUT2D eigenvalue weighted by molar-refractivity contribution is 6.01. The normalized spacial score (nSPS) is 18.2. The van der Waals surface area contributed by atoms with E-state index in [1.165, 1.54) is 0 Å². The summed E-state index contributed by atoms with van der Waals surface area (Å²) in [4.78, 5) is 25.6. The molecule has 0 aliphatic carbocycles. The van der Waals surface area contributed by atoms with Crippen molar-refractivity contribution < 1.29 is 14.3 Å². The van der Waals surface area contributed by atoms with Crippen molar-refractivity contribution in [3.8, 4) is 0 Å². The third kappa shape index (κ3) is 2.61. The van der Waals surface area contributed by atoms with E-state index in [4.69, 9.17) is 4.74 Å². The van der Waals surface area contributed by atoms with Crippen molar-refractivity contribution in [1.82, 2.24) is 0 Å². The molecule has 0 radical (unpaired) electrons. The fourth-order valence-electron chi connectivity index (χ4n) is 2.72. The van der Waals surface area contributed by atoms with Crippen LogP contribution in [0.2, 0.25) is 0 Å². The van der Waals surface area contributed by atoms with Crippen LogP contribution in [-0.4, -0.2) is 25.0 Å². The number of ether oxygens (including phenoxy) is 1. The fraction of sp³-hybridized carbons (Fsp3) is 0.294. The number of fused-ring (bicyclic) bond motifs is 1. The number of esters is 1. The number of anilines is 1. The van der Waals surface area contributed by atoms with Crippen LogP contribution < -0.4 is 4.90 Å². The Labute approximate surface area is 123 Å². The summed E-state index contributed by atoms with van der Waals surface area (Å²) in [6.07, 6.45) is 0.228. The van der Waals surface area contributed by atoms with E-state index < -0.39 is 0 Å². The Morgan fingerprint density at radius 2 is 2.00 bits per heavy atom. The lowest BCUT2D eigenvalue weighted by atomic mass is 10.1. The highest BCUT2D eigenvalue weighted by atomic mass is 16.5. The fourth-order valence-corrected chi connectivity index (χ4v) is 2.72. The number of carbonyl (C=O) groups is 2. The van der Waals surface area contributed by atoms with Crippen molar-refractivity contribution >= 4 is 28.3 Å². The molecule has 0 saturated carbocycles. The monoisotopic (exact) mass is 283 g/mol. The smallest absolute Gasteiger partial charge is 0.311 e. The molecule has 3 rings (SSSR count). The second-order valence-electron chi connectivity index (χ2n) is 5.19. The first-order valence-electron chi connectivity index (χ1n) is 7.15. The number of benzene rings is 2. The van der Waals surface area contributed by atoms with Crippen molar-refractivity contribution in [2.24, 2.45) is 5.92 Å². The van der Waals surface area contributed by atoms with E-state index in [-0.39, 0.29) is 24.2 Å². The Morgan fingerprint density at radius 3 is 2.76 bits per heavy atom. The maximum absolute atomic E-state index is 12.1. The molecule has 0 spiro atoms. The van der Waals surface area contributed by atoms with Crippen LogP contribution in [0.25, 0.3) is 10.8 Å². The summed E-state index contributed by atoms with van der Waals surface area (Å²) in [7, 11) is 0. The standard InChI is InChI=1S/C17H17NO3/c1-2-21-17(20)14-10-16(19)18(11-14)15-8-7-12-5-3-4-6-13(12)9-15/h3-9,14H,2,10-11H2,1H3. The zero-order valence-electron chi connectivity index (χ0n) is 11.9. The number of hydrogen-bond acceptors (Lipinski definition) is 3. The van der Waals surface area contributed by atoms with Gasteiger partial charge in [-0.2, -0.15) is 0 Å². The van der Waals surface area contributed by atoms with Gasteiger partial charge in [0.25, 0.3) is 0 Å². The van der Waals surface area contributed by atoms with Crippen molar-refractivity contribution in [3.05, 3.63) is 42.5 Å². The molecule has 2 aromatic carbocycles. The molecule has 2 aromatic rings. The van der Waals surface area contributed by atoms with Gasteiger partial charge in [-0.1, -0.05) is 30.3 Å². The van der Waals surface area contributed by atoms with Gasteiger partial charge in [-0.05, 0) is 29.8 Å². The summed E-state index contributed by atoms with van der Waals surface area (Å²) in [5, 5.41) is 2.22. The predicted molar refractivity (Wildman–Crippen MR) is 81.0 cm³/mol. The van der Waals surface area contributed by atoms with Crippen molar-refractivity contribution in [3.63, 3.8) is 0 Å². The highest BCUT2D eigenvalue weighted by Crippen LogP contribution is 2.28. The van der Waals surface area contributed by atoms with Gasteiger partial charge in [0.15, 0.2) is 0 Å². The van der Waals surface area contributed by atoms with Crippen LogP contribution in [0.3, 0.4) is 0 Å². The molecule has 0 bridgehead atoms. The maximum Gasteiger partial charge on any atom is 0.311 e. The molecule has 1 unspecified atom stereocenters. The SMILES string of the molecule is CCOC(=O)C1CC(=O)N(c2ccc3ccccc3c2)C1. The first-order chi connectivity index (χ1) is 10.2. The van der Waals surface area contributed by atoms with E-state index >= 15 is 0 Å². The summed E-state index contributed by atoms with van der Waals surface area (Å²) >= 11 is 0. The Hall–Kier alpha value is -2.36. The zero-order valence-corrected chi connectivity index (χ0v) is 11.9. The minimum Gasteiger partial charge on any atom is -0.466 e. The molecule has 1 aliphatic heterocycles. The van der Waals surface area contributed by atoms with Crippen LogP contribution in [0.5, 0.6) is 0 Å². The van der Waals surface area contributed by atoms with Gasteiger partial charge in [0.1, 0.15) is 0 Å². The van der Waals surface area contributed by atoms with E-state index in [1.807, 2.05) is 42.5 Å². The third-order valence-corrected chi connectivity index (χ3v) is 3.79. The van der Waals surface area contributed by atoms with Crippen LogP contribution in [0.15, 0.2) is 42.5 Å². The summed E-state index contributed by atoms with van der Waals surface area (Å²) in [5.41, 5.74) is 0.838. The molecular weight excluding hydrogens is 266 g/mol. The molecule has 1 aliphatic rings. The first kappa shape index (κ1) is 13.6. The second kappa shape index (κ2) is 5.56. The van der Waals surface area contributed by atoms with Gasteiger partial charge in [0.05, 0.1) is 12.5 Å². The number of hydrogen-bond donors (Lipinski definition) is 0. The molecule has 4 nitrogen and oxygen atoms in total. The van der Waals surface area contributed by atoms with Crippen LogP contribution in [0.4, 0.5) is 5.69 Å². The summed E-state index contributed by atoms with van der Waals surface area (Å²) in [5.74, 6) is -0.665. The molecule has 1 fully saturated rings. The molecule has 1 saturated heterocycles. The lowest BCUT2D eigenvalue weighted by Crippen LogP contribution is -2.26. The molecule has 1 amide bonds. The molecule has 1 atom stereocenters. The van der Waals surface area contributed by atoms with Gasteiger partial charge in [-0.3, -0.25) is 9.59 Å². The van der Waals surface area contributed by atoms with E-state index in [2.05, 4.69) is 0 Å². The number of nitrogens with zero attached hydrogens (tertiary/aromatic N) is 1. The molecular formula is C17H17NO3. The molecule has 108 valence electrons. The first-order valence-corrected chi connectivity index (χ1v) is 7.15. The predicted octanol–water partition coefficient (Wildman–Crippen LogP) is 2.76. The lowest BCUT2D eigenvalue weighted by Gasteiger charge is -2.17. The summed E-state index contributed by atoms with van der Waals surface area (Å²) in [6, 6.07) is 13.9. The Bertz CT molecular complexity index is 695. The summed E-state index contributed by atoms with van der Waals surface area (Å²) in [6.45, 7) is 2.52. The molecule has 1 heterocycles. The zero-order chi connectivity index (χ0) is 14.8. The Morgan fingerprint density at radius 1 is 1.24 bits per heavy atom. The van der Waals surface area contributed by atoms with Gasteiger partial charge in [0.2, 0.25) is 5.91 Å². The molecule has 0 N–H and O–H groups in total. The van der Waals surface area contributed by atoms with Gasteiger partial charge < -0.3 is 9.64 Å². The van der Waals surface area contributed by atoms with Crippen LogP contribution in [0.1, 0.15) is 13.3 Å². The number of amides is 1. The highest BCUT2D eigenvalue weighted by Gasteiger charge is 2.36. The minimum atomic E-state index is -0.357. The van der Waals surface area contributed by atoms with Crippen LogP contribution >= 0.6 is 0 Å². The second-order valence-corrected chi connectivity index (χ2v) is 5.19. The van der Waals surface area contributed by atoms with Crippen LogP contribution in [0, 0.1) is 5.92 Å². The van der Waals surface area contributed by atoms with Crippen molar-refractivity contribution in [2.75, 3.05) is 18.1 Å². The van der Waals surface area contributed by atoms with Crippen molar-refractivity contribution in [2.45, 2.75) is 13.3 Å². The number of carbonyl (C=O) groups excluding carboxylic acids is 2. The molecule has 21 heavy (non-hydrogen) atoms. The largest absolute Gasteiger partial charge is 0.466 e. The molecule has 4 heteroatoms. The lowest BCUT2D eigenvalue weighted by molar-refractivity contribution is -0.147. The third-order valence-electron chi connectivity index (χ3n) is 3.79.